The van der Waals surface area contributed by atoms with E-state index < -0.39 is 0 Å². The van der Waals surface area contributed by atoms with Crippen LogP contribution in [0.15, 0.2) is 16.6 Å². The summed E-state index contributed by atoms with van der Waals surface area (Å²) in [7, 11) is 0. The summed E-state index contributed by atoms with van der Waals surface area (Å²) in [6.07, 6.45) is 1.96. The van der Waals surface area contributed by atoms with Crippen LogP contribution in [0.25, 0.3) is 0 Å². The van der Waals surface area contributed by atoms with Crippen LogP contribution in [-0.2, 0) is 6.42 Å². The maximum absolute atomic E-state index is 10.2. The van der Waals surface area contributed by atoms with Crippen LogP contribution in [-0.4, -0.2) is 0 Å². The van der Waals surface area contributed by atoms with Gasteiger partial charge in [0.1, 0.15) is 6.04 Å². The summed E-state index contributed by atoms with van der Waals surface area (Å²) in [6, 6.07) is 2.06. The molecule has 0 radical (unpaired) electrons. The first-order valence-corrected chi connectivity index (χ1v) is 4.18. The van der Waals surface area contributed by atoms with Crippen LogP contribution in [0.2, 0.25) is 0 Å². The van der Waals surface area contributed by atoms with Gasteiger partial charge in [0.2, 0.25) is 0 Å². The molecule has 1 aromatic heterocycles. The number of aryl methyl sites for hydroxylation is 1. The highest BCUT2D eigenvalue weighted by molar-refractivity contribution is 7.10. The molecular formula is C7H7NOS. The fourth-order valence-corrected chi connectivity index (χ4v) is 2.39. The van der Waals surface area contributed by atoms with Crippen molar-refractivity contribution in [1.29, 1.82) is 0 Å². The van der Waals surface area contributed by atoms with Crippen molar-refractivity contribution in [3.05, 3.63) is 26.8 Å². The minimum absolute atomic E-state index is 0.0324. The van der Waals surface area contributed by atoms with Crippen LogP contribution in [0.1, 0.15) is 22.9 Å². The molecule has 1 aromatic rings. The minimum atomic E-state index is -0.0324. The quantitative estimate of drug-likeness (QED) is 0.570. The van der Waals surface area contributed by atoms with Gasteiger partial charge in [-0.3, -0.25) is 0 Å². The number of rotatable bonds is 1. The van der Waals surface area contributed by atoms with Crippen molar-refractivity contribution in [3.8, 4) is 0 Å². The number of hydrogen-bond acceptors (Lipinski definition) is 3. The third kappa shape index (κ3) is 0.703. The molecule has 0 N–H and O–H groups in total. The van der Waals surface area contributed by atoms with Gasteiger partial charge in [-0.1, -0.05) is 5.18 Å². The molecule has 3 heteroatoms. The molecule has 0 fully saturated rings. The standard InChI is InChI=1S/C7H7NOS/c9-8-6-2-1-5-3-4-10-7(5)6/h3-4,6H,1-2H2. The monoisotopic (exact) mass is 153 g/mol. The summed E-state index contributed by atoms with van der Waals surface area (Å²) in [5, 5.41) is 5.09. The highest BCUT2D eigenvalue weighted by Gasteiger charge is 2.23. The van der Waals surface area contributed by atoms with E-state index >= 15 is 0 Å². The Kier molecular flexibility index (Phi) is 1.31. The second-order valence-electron chi connectivity index (χ2n) is 2.47. The summed E-state index contributed by atoms with van der Waals surface area (Å²) in [6.45, 7) is 0. The van der Waals surface area contributed by atoms with Gasteiger partial charge in [0.25, 0.3) is 0 Å². The van der Waals surface area contributed by atoms with E-state index in [1.807, 2.05) is 5.38 Å². The number of fused-ring (bicyclic) bond motifs is 1. The average Bonchev–Trinajstić information content (AvgIpc) is 2.44. The van der Waals surface area contributed by atoms with Crippen LogP contribution in [0.5, 0.6) is 0 Å². The van der Waals surface area contributed by atoms with Crippen LogP contribution < -0.4 is 0 Å². The zero-order valence-corrected chi connectivity index (χ0v) is 6.23. The summed E-state index contributed by atoms with van der Waals surface area (Å²) in [5.41, 5.74) is 1.33. The smallest absolute Gasteiger partial charge is 0.127 e. The molecule has 0 aromatic carbocycles. The Morgan fingerprint density at radius 1 is 1.70 bits per heavy atom. The maximum atomic E-state index is 10.2. The number of nitrogens with zero attached hydrogens (tertiary/aromatic N) is 1. The predicted molar refractivity (Wildman–Crippen MR) is 41.2 cm³/mol. The molecule has 2 nitrogen and oxygen atoms in total. The number of thiophene rings is 1. The summed E-state index contributed by atoms with van der Waals surface area (Å²) in [5.74, 6) is 0. The predicted octanol–water partition coefficient (Wildman–Crippen LogP) is 2.50. The Labute approximate surface area is 62.9 Å². The van der Waals surface area contributed by atoms with Gasteiger partial charge in [0.05, 0.1) is 0 Å². The van der Waals surface area contributed by atoms with E-state index in [0.29, 0.717) is 0 Å². The van der Waals surface area contributed by atoms with Gasteiger partial charge < -0.3 is 0 Å². The molecule has 0 spiro atoms. The van der Waals surface area contributed by atoms with Crippen molar-refractivity contribution in [3.63, 3.8) is 0 Å². The summed E-state index contributed by atoms with van der Waals surface area (Å²) < 4.78 is 0. The van der Waals surface area contributed by atoms with Gasteiger partial charge in [-0.2, -0.15) is 4.91 Å². The van der Waals surface area contributed by atoms with Gasteiger partial charge >= 0.3 is 0 Å². The maximum Gasteiger partial charge on any atom is 0.127 e. The third-order valence-corrected chi connectivity index (χ3v) is 2.96. The van der Waals surface area contributed by atoms with E-state index in [1.54, 1.807) is 11.3 Å². The Morgan fingerprint density at radius 3 is 3.40 bits per heavy atom. The minimum Gasteiger partial charge on any atom is -0.150 e. The molecule has 10 heavy (non-hydrogen) atoms. The fourth-order valence-electron chi connectivity index (χ4n) is 1.37. The second-order valence-corrected chi connectivity index (χ2v) is 3.42. The Hall–Kier alpha value is -0.700. The van der Waals surface area contributed by atoms with E-state index in [1.165, 1.54) is 10.4 Å². The first kappa shape index (κ1) is 6.04. The molecular weight excluding hydrogens is 146 g/mol. The summed E-state index contributed by atoms with van der Waals surface area (Å²) in [4.78, 5) is 11.4. The molecule has 1 heterocycles. The second kappa shape index (κ2) is 2.16. The van der Waals surface area contributed by atoms with Gasteiger partial charge in [0, 0.05) is 4.88 Å². The van der Waals surface area contributed by atoms with Crippen molar-refractivity contribution >= 4 is 11.3 Å². The van der Waals surface area contributed by atoms with Gasteiger partial charge in [-0.05, 0) is 29.9 Å². The topological polar surface area (TPSA) is 29.4 Å². The van der Waals surface area contributed by atoms with Crippen molar-refractivity contribution in [2.45, 2.75) is 18.9 Å². The number of hydrogen-bond donors (Lipinski definition) is 0. The molecule has 1 aliphatic carbocycles. The van der Waals surface area contributed by atoms with Crippen LogP contribution in [0.3, 0.4) is 0 Å². The lowest BCUT2D eigenvalue weighted by atomic mass is 10.3. The number of nitroso groups, excluding NO2 is 1. The molecule has 0 saturated carbocycles. The van der Waals surface area contributed by atoms with Gasteiger partial charge in [-0.15, -0.1) is 11.3 Å². The Balaban J connectivity index is 2.43. The lowest BCUT2D eigenvalue weighted by Gasteiger charge is -1.93. The normalized spacial score (nSPS) is 22.6. The Bertz CT molecular complexity index is 256. The van der Waals surface area contributed by atoms with Crippen molar-refractivity contribution in [1.82, 2.24) is 0 Å². The van der Waals surface area contributed by atoms with E-state index in [0.717, 1.165) is 12.8 Å². The molecule has 2 rings (SSSR count). The van der Waals surface area contributed by atoms with Gasteiger partial charge in [-0.25, -0.2) is 0 Å². The lowest BCUT2D eigenvalue weighted by molar-refractivity contribution is 0.717. The molecule has 0 saturated heterocycles. The molecule has 52 valence electrons. The largest absolute Gasteiger partial charge is 0.150 e. The van der Waals surface area contributed by atoms with E-state index in [9.17, 15) is 4.91 Å². The highest BCUT2D eigenvalue weighted by atomic mass is 32.1. The average molecular weight is 153 g/mol. The van der Waals surface area contributed by atoms with E-state index in [-0.39, 0.29) is 6.04 Å². The first-order chi connectivity index (χ1) is 4.92. The third-order valence-electron chi connectivity index (χ3n) is 1.90. The van der Waals surface area contributed by atoms with Crippen LogP contribution in [0.4, 0.5) is 0 Å². The van der Waals surface area contributed by atoms with Crippen LogP contribution >= 0.6 is 11.3 Å². The fraction of sp³-hybridized carbons (Fsp3) is 0.429. The first-order valence-electron chi connectivity index (χ1n) is 3.30. The highest BCUT2D eigenvalue weighted by Crippen LogP contribution is 2.37. The van der Waals surface area contributed by atoms with Crippen molar-refractivity contribution in [2.75, 3.05) is 0 Å². The zero-order valence-electron chi connectivity index (χ0n) is 5.41. The zero-order chi connectivity index (χ0) is 6.97. The van der Waals surface area contributed by atoms with Crippen LogP contribution in [0, 0.1) is 4.91 Å². The Morgan fingerprint density at radius 2 is 2.60 bits per heavy atom. The van der Waals surface area contributed by atoms with Crippen molar-refractivity contribution < 1.29 is 0 Å². The molecule has 0 amide bonds. The molecule has 1 unspecified atom stereocenters. The lowest BCUT2D eigenvalue weighted by Crippen LogP contribution is -1.81. The molecule has 0 bridgehead atoms. The van der Waals surface area contributed by atoms with Gasteiger partial charge in [0.15, 0.2) is 0 Å². The molecule has 0 aliphatic heterocycles. The summed E-state index contributed by atoms with van der Waals surface area (Å²) >= 11 is 1.65. The van der Waals surface area contributed by atoms with E-state index in [2.05, 4.69) is 11.2 Å². The molecule has 1 atom stereocenters. The molecule has 1 aliphatic rings. The SMILES string of the molecule is O=NC1CCc2ccsc21. The van der Waals surface area contributed by atoms with Crippen molar-refractivity contribution in [2.24, 2.45) is 5.18 Å². The van der Waals surface area contributed by atoms with E-state index in [4.69, 9.17) is 0 Å².